The normalized spacial score (nSPS) is 18.6. The van der Waals surface area contributed by atoms with E-state index in [1.807, 2.05) is 26.0 Å². The summed E-state index contributed by atoms with van der Waals surface area (Å²) >= 11 is 0. The fourth-order valence-electron chi connectivity index (χ4n) is 1.80. The maximum absolute atomic E-state index is 11.5. The van der Waals surface area contributed by atoms with E-state index in [-0.39, 0.29) is 0 Å². The second-order valence-corrected chi connectivity index (χ2v) is 5.10. The summed E-state index contributed by atoms with van der Waals surface area (Å²) in [6.07, 6.45) is 0. The third-order valence-corrected chi connectivity index (χ3v) is 3.86. The van der Waals surface area contributed by atoms with Gasteiger partial charge in [-0.05, 0) is 25.0 Å². The molecule has 0 spiro atoms. The van der Waals surface area contributed by atoms with Gasteiger partial charge in [0.15, 0.2) is 0 Å². The van der Waals surface area contributed by atoms with Crippen molar-refractivity contribution in [2.45, 2.75) is 25.3 Å². The minimum absolute atomic E-state index is 0.431. The molecule has 1 aliphatic heterocycles. The molecule has 70 valence electrons. The van der Waals surface area contributed by atoms with Crippen molar-refractivity contribution in [1.29, 1.82) is 0 Å². The number of hydrogen-bond donors (Lipinski definition) is 1. The molecule has 13 heavy (non-hydrogen) atoms. The standard InChI is InChI=1S/C9H11NO2S/c1-6-3-7(2)9-8(4-6)5-10-13(9,11)12/h3-4,10H,5H2,1-2H3. The van der Waals surface area contributed by atoms with Gasteiger partial charge in [-0.1, -0.05) is 17.7 Å². The van der Waals surface area contributed by atoms with E-state index < -0.39 is 10.0 Å². The number of aryl methyl sites for hydroxylation is 2. The molecular formula is C9H11NO2S. The summed E-state index contributed by atoms with van der Waals surface area (Å²) in [7, 11) is -3.20. The van der Waals surface area contributed by atoms with Crippen LogP contribution in [-0.2, 0) is 16.6 Å². The van der Waals surface area contributed by atoms with Gasteiger partial charge in [-0.15, -0.1) is 0 Å². The predicted molar refractivity (Wildman–Crippen MR) is 49.9 cm³/mol. The Kier molecular flexibility index (Phi) is 1.72. The number of rotatable bonds is 0. The Balaban J connectivity index is 2.80. The molecule has 0 saturated carbocycles. The summed E-state index contributed by atoms with van der Waals surface area (Å²) in [4.78, 5) is 0.470. The molecule has 0 aliphatic carbocycles. The van der Waals surface area contributed by atoms with E-state index in [0.29, 0.717) is 11.4 Å². The predicted octanol–water partition coefficient (Wildman–Crippen LogP) is 1.10. The van der Waals surface area contributed by atoms with Crippen LogP contribution in [0.2, 0.25) is 0 Å². The molecule has 0 fully saturated rings. The van der Waals surface area contributed by atoms with E-state index in [9.17, 15) is 8.42 Å². The lowest BCUT2D eigenvalue weighted by molar-refractivity contribution is 0.589. The van der Waals surface area contributed by atoms with Crippen LogP contribution in [0, 0.1) is 13.8 Å². The largest absolute Gasteiger partial charge is 0.241 e. The summed E-state index contributed by atoms with van der Waals surface area (Å²) in [5.74, 6) is 0. The van der Waals surface area contributed by atoms with Gasteiger partial charge in [0.1, 0.15) is 0 Å². The van der Waals surface area contributed by atoms with Gasteiger partial charge in [0.25, 0.3) is 0 Å². The highest BCUT2D eigenvalue weighted by Crippen LogP contribution is 2.26. The summed E-state index contributed by atoms with van der Waals surface area (Å²) < 4.78 is 25.4. The summed E-state index contributed by atoms with van der Waals surface area (Å²) in [5.41, 5.74) is 2.83. The summed E-state index contributed by atoms with van der Waals surface area (Å²) in [6, 6.07) is 3.81. The highest BCUT2D eigenvalue weighted by atomic mass is 32.2. The molecule has 0 bridgehead atoms. The Hall–Kier alpha value is -0.870. The fraction of sp³-hybridized carbons (Fsp3) is 0.333. The Morgan fingerprint density at radius 1 is 1.31 bits per heavy atom. The van der Waals surface area contributed by atoms with Crippen LogP contribution in [0.3, 0.4) is 0 Å². The van der Waals surface area contributed by atoms with Gasteiger partial charge >= 0.3 is 0 Å². The topological polar surface area (TPSA) is 46.2 Å². The van der Waals surface area contributed by atoms with Crippen molar-refractivity contribution in [1.82, 2.24) is 4.72 Å². The van der Waals surface area contributed by atoms with Gasteiger partial charge in [0.05, 0.1) is 4.90 Å². The third kappa shape index (κ3) is 1.26. The first-order valence-corrected chi connectivity index (χ1v) is 5.59. The van der Waals surface area contributed by atoms with E-state index >= 15 is 0 Å². The zero-order valence-corrected chi connectivity index (χ0v) is 8.40. The van der Waals surface area contributed by atoms with Crippen molar-refractivity contribution in [2.24, 2.45) is 0 Å². The molecule has 1 aromatic rings. The Bertz CT molecular complexity index is 463. The molecule has 1 heterocycles. The molecule has 2 rings (SSSR count). The van der Waals surface area contributed by atoms with Crippen LogP contribution in [0.4, 0.5) is 0 Å². The molecular weight excluding hydrogens is 186 g/mol. The van der Waals surface area contributed by atoms with E-state index in [4.69, 9.17) is 0 Å². The summed E-state index contributed by atoms with van der Waals surface area (Å²) in [5, 5.41) is 0. The smallest absolute Gasteiger partial charge is 0.207 e. The highest BCUT2D eigenvalue weighted by Gasteiger charge is 2.27. The van der Waals surface area contributed by atoms with Crippen molar-refractivity contribution in [3.63, 3.8) is 0 Å². The number of sulfonamides is 1. The maximum atomic E-state index is 11.5. The van der Waals surface area contributed by atoms with Crippen LogP contribution in [-0.4, -0.2) is 8.42 Å². The third-order valence-electron chi connectivity index (χ3n) is 2.22. The van der Waals surface area contributed by atoms with Crippen molar-refractivity contribution in [3.8, 4) is 0 Å². The molecule has 1 aromatic carbocycles. The van der Waals surface area contributed by atoms with Crippen LogP contribution in [0.25, 0.3) is 0 Å². The second kappa shape index (κ2) is 2.56. The van der Waals surface area contributed by atoms with Crippen LogP contribution in [0.15, 0.2) is 17.0 Å². The molecule has 0 amide bonds. The lowest BCUT2D eigenvalue weighted by atomic mass is 10.1. The van der Waals surface area contributed by atoms with Gasteiger partial charge in [0.2, 0.25) is 10.0 Å². The van der Waals surface area contributed by atoms with E-state index in [1.165, 1.54) is 0 Å². The SMILES string of the molecule is Cc1cc(C)c2c(c1)CNS2(=O)=O. The lowest BCUT2D eigenvalue weighted by Gasteiger charge is -2.03. The number of nitrogens with one attached hydrogen (secondary N) is 1. The maximum Gasteiger partial charge on any atom is 0.241 e. The molecule has 1 N–H and O–H groups in total. The molecule has 1 aliphatic rings. The van der Waals surface area contributed by atoms with Crippen molar-refractivity contribution in [2.75, 3.05) is 0 Å². The van der Waals surface area contributed by atoms with Gasteiger partial charge in [-0.3, -0.25) is 0 Å². The van der Waals surface area contributed by atoms with Crippen LogP contribution < -0.4 is 4.72 Å². The Labute approximate surface area is 77.8 Å². The van der Waals surface area contributed by atoms with Gasteiger partial charge in [0, 0.05) is 6.54 Å². The Morgan fingerprint density at radius 2 is 2.00 bits per heavy atom. The van der Waals surface area contributed by atoms with Gasteiger partial charge < -0.3 is 0 Å². The van der Waals surface area contributed by atoms with E-state index in [1.54, 1.807) is 0 Å². The molecule has 0 radical (unpaired) electrons. The molecule has 0 aromatic heterocycles. The monoisotopic (exact) mass is 197 g/mol. The molecule has 4 heteroatoms. The van der Waals surface area contributed by atoms with Gasteiger partial charge in [-0.2, -0.15) is 0 Å². The number of fused-ring (bicyclic) bond motifs is 1. The first kappa shape index (κ1) is 8.72. The van der Waals surface area contributed by atoms with Crippen LogP contribution in [0.5, 0.6) is 0 Å². The number of hydrogen-bond acceptors (Lipinski definition) is 2. The average molecular weight is 197 g/mol. The molecule has 0 unspecified atom stereocenters. The Morgan fingerprint density at radius 3 is 2.69 bits per heavy atom. The first-order valence-electron chi connectivity index (χ1n) is 4.10. The average Bonchev–Trinajstić information content (AvgIpc) is 2.26. The van der Waals surface area contributed by atoms with Crippen molar-refractivity contribution in [3.05, 3.63) is 28.8 Å². The molecule has 0 saturated heterocycles. The first-order chi connectivity index (χ1) is 6.00. The zero-order chi connectivity index (χ0) is 9.64. The zero-order valence-electron chi connectivity index (χ0n) is 7.59. The fourth-order valence-corrected chi connectivity index (χ4v) is 3.25. The van der Waals surface area contributed by atoms with Crippen molar-refractivity contribution < 1.29 is 8.42 Å². The van der Waals surface area contributed by atoms with E-state index in [2.05, 4.69) is 4.72 Å². The van der Waals surface area contributed by atoms with Crippen molar-refractivity contribution >= 4 is 10.0 Å². The van der Waals surface area contributed by atoms with Gasteiger partial charge in [-0.25, -0.2) is 13.1 Å². The summed E-state index contributed by atoms with van der Waals surface area (Å²) in [6.45, 7) is 4.23. The van der Waals surface area contributed by atoms with E-state index in [0.717, 1.165) is 16.7 Å². The van der Waals surface area contributed by atoms with Crippen LogP contribution >= 0.6 is 0 Å². The highest BCUT2D eigenvalue weighted by molar-refractivity contribution is 7.89. The minimum atomic E-state index is -3.20. The molecule has 3 nitrogen and oxygen atoms in total. The number of benzene rings is 1. The molecule has 0 atom stereocenters. The second-order valence-electron chi connectivity index (χ2n) is 3.39. The van der Waals surface area contributed by atoms with Crippen LogP contribution in [0.1, 0.15) is 16.7 Å². The lowest BCUT2D eigenvalue weighted by Crippen LogP contribution is -2.14. The minimum Gasteiger partial charge on any atom is -0.207 e. The quantitative estimate of drug-likeness (QED) is 0.677.